The summed E-state index contributed by atoms with van der Waals surface area (Å²) in [5, 5.41) is 10.1. The summed E-state index contributed by atoms with van der Waals surface area (Å²) in [6.07, 6.45) is 23.1. The second kappa shape index (κ2) is 7.99. The van der Waals surface area contributed by atoms with E-state index in [4.69, 9.17) is 10.2 Å². The van der Waals surface area contributed by atoms with Gasteiger partial charge in [-0.1, -0.05) is 50.3 Å². The Bertz CT molecular complexity index is 726. The van der Waals surface area contributed by atoms with E-state index >= 15 is 0 Å². The van der Waals surface area contributed by atoms with Crippen molar-refractivity contribution in [3.8, 4) is 0 Å². The SMILES string of the molecule is C1CCC2(CC1)NNC1(CCC3(CC1)N=NC1(CCC4(CC1)NNC1(CCCCC1)S4)S3)S2. The third-order valence-corrected chi connectivity index (χ3v) is 15.0. The maximum absolute atomic E-state index is 5.05. The zero-order valence-electron chi connectivity index (χ0n) is 19.8. The van der Waals surface area contributed by atoms with Gasteiger partial charge in [0.25, 0.3) is 0 Å². The van der Waals surface area contributed by atoms with E-state index in [0.717, 1.165) is 0 Å². The van der Waals surface area contributed by atoms with Gasteiger partial charge < -0.3 is 0 Å². The lowest BCUT2D eigenvalue weighted by molar-refractivity contribution is 0.252. The van der Waals surface area contributed by atoms with Gasteiger partial charge in [-0.25, -0.2) is 21.7 Å². The molecule has 3 aliphatic heterocycles. The average Bonchev–Trinajstić information content (AvgIpc) is 3.49. The first-order valence-corrected chi connectivity index (χ1v) is 16.1. The lowest BCUT2D eigenvalue weighted by atomic mass is 9.90. The van der Waals surface area contributed by atoms with Crippen LogP contribution in [0.3, 0.4) is 0 Å². The highest BCUT2D eigenvalue weighted by Gasteiger charge is 2.59. The number of nitrogens with zero attached hydrogens (tertiary/aromatic N) is 2. The van der Waals surface area contributed by atoms with Crippen LogP contribution in [0.15, 0.2) is 10.2 Å². The molecular formula is C24H40N6S3. The van der Waals surface area contributed by atoms with Crippen molar-refractivity contribution < 1.29 is 0 Å². The van der Waals surface area contributed by atoms with Gasteiger partial charge in [0.1, 0.15) is 9.74 Å². The molecule has 7 aliphatic rings. The van der Waals surface area contributed by atoms with Crippen LogP contribution in [0.25, 0.3) is 0 Å². The number of hydrogen-bond donors (Lipinski definition) is 4. The fourth-order valence-electron chi connectivity index (χ4n) is 7.53. The van der Waals surface area contributed by atoms with Gasteiger partial charge in [0.05, 0.1) is 19.5 Å². The first-order valence-electron chi connectivity index (χ1n) is 13.6. The highest BCUT2D eigenvalue weighted by Crippen LogP contribution is 2.64. The van der Waals surface area contributed by atoms with E-state index < -0.39 is 0 Å². The Hall–Kier alpha value is 0.490. The number of nitrogens with one attached hydrogen (secondary N) is 4. The number of thioether (sulfide) groups is 3. The van der Waals surface area contributed by atoms with Crippen LogP contribution < -0.4 is 21.7 Å². The zero-order valence-corrected chi connectivity index (χ0v) is 22.3. The van der Waals surface area contributed by atoms with E-state index in [-0.39, 0.29) is 19.5 Å². The van der Waals surface area contributed by atoms with E-state index in [1.165, 1.54) is 116 Å². The summed E-state index contributed by atoms with van der Waals surface area (Å²) in [6, 6.07) is 0. The molecule has 9 heteroatoms. The van der Waals surface area contributed by atoms with Crippen LogP contribution in [-0.4, -0.2) is 29.2 Å². The summed E-state index contributed by atoms with van der Waals surface area (Å²) in [5.74, 6) is 0. The van der Waals surface area contributed by atoms with Gasteiger partial charge in [-0.15, -0.1) is 23.5 Å². The summed E-state index contributed by atoms with van der Waals surface area (Å²) >= 11 is 6.60. The van der Waals surface area contributed by atoms with Crippen LogP contribution in [0.5, 0.6) is 0 Å². The fourth-order valence-corrected chi connectivity index (χ4v) is 12.9. The molecule has 6 spiro atoms. The quantitative estimate of drug-likeness (QED) is 0.314. The van der Waals surface area contributed by atoms with Crippen LogP contribution in [0.1, 0.15) is 116 Å². The number of hydrogen-bond acceptors (Lipinski definition) is 9. The highest BCUT2D eigenvalue weighted by molar-refractivity contribution is 8.03. The maximum Gasteiger partial charge on any atom is 0.129 e. The second-order valence-corrected chi connectivity index (χ2v) is 17.3. The first kappa shape index (κ1) is 22.7. The van der Waals surface area contributed by atoms with Crippen LogP contribution in [0, 0.1) is 0 Å². The lowest BCUT2D eigenvalue weighted by Crippen LogP contribution is -2.50. The number of hydrazine groups is 2. The Morgan fingerprint density at radius 3 is 1.06 bits per heavy atom. The molecule has 4 aliphatic carbocycles. The van der Waals surface area contributed by atoms with E-state index in [9.17, 15) is 0 Å². The van der Waals surface area contributed by atoms with Crippen LogP contribution in [-0.2, 0) is 0 Å². The van der Waals surface area contributed by atoms with Gasteiger partial charge >= 0.3 is 0 Å². The fraction of sp³-hybridized carbons (Fsp3) is 1.00. The smallest absolute Gasteiger partial charge is 0.129 e. The molecule has 7 rings (SSSR count). The largest absolute Gasteiger partial charge is 0.240 e. The van der Waals surface area contributed by atoms with Gasteiger partial charge in [-0.2, -0.15) is 10.2 Å². The predicted octanol–water partition coefficient (Wildman–Crippen LogP) is 6.12. The van der Waals surface area contributed by atoms with Crippen molar-refractivity contribution in [3.63, 3.8) is 0 Å². The molecule has 4 N–H and O–H groups in total. The standard InChI is InChI=1S/C24H40N6S3/c1-3-7-19(8-4-1)25-27-21(31-19)11-15-23(16-12-21)29-30-24(33-23)17-13-22(14-18-24)28-26-20(32-22)9-5-2-6-10-20/h25-28H,1-18H2. The summed E-state index contributed by atoms with van der Waals surface area (Å²) in [7, 11) is 0. The first-order chi connectivity index (χ1) is 16.0. The Morgan fingerprint density at radius 1 is 0.364 bits per heavy atom. The molecular weight excluding hydrogens is 469 g/mol. The minimum Gasteiger partial charge on any atom is -0.240 e. The predicted molar refractivity (Wildman–Crippen MR) is 140 cm³/mol. The Balaban J connectivity index is 0.966. The van der Waals surface area contributed by atoms with E-state index in [1.54, 1.807) is 0 Å². The van der Waals surface area contributed by atoms with Crippen molar-refractivity contribution in [1.82, 2.24) is 21.7 Å². The lowest BCUT2D eigenvalue weighted by Gasteiger charge is -2.44. The molecule has 0 aromatic rings. The van der Waals surface area contributed by atoms with Crippen molar-refractivity contribution in [3.05, 3.63) is 0 Å². The Labute approximate surface area is 211 Å². The van der Waals surface area contributed by atoms with Gasteiger partial charge in [-0.3, -0.25) is 0 Å². The molecule has 2 saturated heterocycles. The third kappa shape index (κ3) is 3.95. The second-order valence-electron chi connectivity index (χ2n) is 12.0. The summed E-state index contributed by atoms with van der Waals surface area (Å²) < 4.78 is 0. The van der Waals surface area contributed by atoms with Gasteiger partial charge in [0, 0.05) is 0 Å². The molecule has 184 valence electrons. The van der Waals surface area contributed by atoms with Crippen molar-refractivity contribution in [2.45, 2.75) is 145 Å². The molecule has 0 bridgehead atoms. The Kier molecular flexibility index (Phi) is 5.49. The minimum atomic E-state index is 0.0411. The third-order valence-electron chi connectivity index (χ3n) is 9.61. The highest BCUT2D eigenvalue weighted by atomic mass is 32.2. The molecule has 6 fully saturated rings. The van der Waals surface area contributed by atoms with Crippen molar-refractivity contribution in [2.75, 3.05) is 0 Å². The minimum absolute atomic E-state index is 0.0411. The molecule has 33 heavy (non-hydrogen) atoms. The van der Waals surface area contributed by atoms with E-state index in [2.05, 4.69) is 57.0 Å². The molecule has 6 nitrogen and oxygen atoms in total. The zero-order chi connectivity index (χ0) is 22.1. The molecule has 3 heterocycles. The Morgan fingerprint density at radius 2 is 0.697 bits per heavy atom. The van der Waals surface area contributed by atoms with Crippen LogP contribution >= 0.6 is 35.3 Å². The summed E-state index contributed by atoms with van der Waals surface area (Å²) in [4.78, 5) is 1.10. The molecule has 0 radical (unpaired) electrons. The molecule has 4 saturated carbocycles. The summed E-state index contributed by atoms with van der Waals surface area (Å²) in [6.45, 7) is 0. The van der Waals surface area contributed by atoms with Crippen molar-refractivity contribution in [2.24, 2.45) is 10.2 Å². The molecule has 0 atom stereocenters. The number of rotatable bonds is 0. The van der Waals surface area contributed by atoms with E-state index in [1.807, 2.05) is 0 Å². The van der Waals surface area contributed by atoms with Gasteiger partial charge in [0.2, 0.25) is 0 Å². The monoisotopic (exact) mass is 508 g/mol. The average molecular weight is 509 g/mol. The van der Waals surface area contributed by atoms with Gasteiger partial charge in [-0.05, 0) is 77.0 Å². The topological polar surface area (TPSA) is 72.8 Å². The van der Waals surface area contributed by atoms with E-state index in [0.29, 0.717) is 9.74 Å². The molecule has 0 aromatic heterocycles. The summed E-state index contributed by atoms with van der Waals surface area (Å²) in [5.41, 5.74) is 15.1. The van der Waals surface area contributed by atoms with Crippen LogP contribution in [0.4, 0.5) is 0 Å². The molecule has 0 unspecified atom stereocenters. The van der Waals surface area contributed by atoms with Crippen molar-refractivity contribution in [1.29, 1.82) is 0 Å². The molecule has 0 amide bonds. The van der Waals surface area contributed by atoms with Crippen molar-refractivity contribution >= 4 is 35.3 Å². The normalized spacial score (nSPS) is 48.2. The molecule has 0 aromatic carbocycles. The van der Waals surface area contributed by atoms with Gasteiger partial charge in [0.15, 0.2) is 0 Å². The maximum atomic E-state index is 5.05. The van der Waals surface area contributed by atoms with Crippen LogP contribution in [0.2, 0.25) is 0 Å². The number of azo groups is 1.